The lowest BCUT2D eigenvalue weighted by atomic mass is 9.83. The lowest BCUT2D eigenvalue weighted by Gasteiger charge is -2.28. The third kappa shape index (κ3) is 2.08. The quantitative estimate of drug-likeness (QED) is 0.244. The molecule has 2 aromatic heterocycles. The second kappa shape index (κ2) is 6.48. The Morgan fingerprint density at radius 3 is 2.61 bits per heavy atom. The van der Waals surface area contributed by atoms with Gasteiger partial charge in [-0.25, -0.2) is 0 Å². The molecule has 0 saturated heterocycles. The summed E-state index contributed by atoms with van der Waals surface area (Å²) in [5.41, 5.74) is 7.91. The summed E-state index contributed by atoms with van der Waals surface area (Å²) in [6, 6.07) is 28.7. The van der Waals surface area contributed by atoms with Gasteiger partial charge in [-0.15, -0.1) is 5.10 Å². The van der Waals surface area contributed by atoms with E-state index in [2.05, 4.69) is 112 Å². The summed E-state index contributed by atoms with van der Waals surface area (Å²) < 4.78 is 2.37. The zero-order valence-corrected chi connectivity index (χ0v) is 20.4. The van der Waals surface area contributed by atoms with Crippen LogP contribution in [0.5, 0.6) is 0 Å². The van der Waals surface area contributed by atoms with Gasteiger partial charge < -0.3 is 4.90 Å². The molecule has 1 unspecified atom stereocenters. The van der Waals surface area contributed by atoms with Crippen molar-refractivity contribution in [3.05, 3.63) is 113 Å². The molecule has 4 heteroatoms. The van der Waals surface area contributed by atoms with E-state index in [0.717, 1.165) is 23.0 Å². The smallest absolute Gasteiger partial charge is 0.168 e. The summed E-state index contributed by atoms with van der Waals surface area (Å²) >= 11 is 0. The van der Waals surface area contributed by atoms with E-state index in [4.69, 9.17) is 5.10 Å². The summed E-state index contributed by atoms with van der Waals surface area (Å²) in [7, 11) is 0. The van der Waals surface area contributed by atoms with Crippen LogP contribution in [-0.2, 0) is 6.42 Å². The molecule has 0 bridgehead atoms. The molecule has 1 atom stereocenters. The summed E-state index contributed by atoms with van der Waals surface area (Å²) in [5, 5.41) is 19.5. The van der Waals surface area contributed by atoms with E-state index in [1.165, 1.54) is 65.9 Å². The highest BCUT2D eigenvalue weighted by molar-refractivity contribution is 6.30. The van der Waals surface area contributed by atoms with Crippen molar-refractivity contribution in [2.24, 2.45) is 0 Å². The lowest BCUT2D eigenvalue weighted by Crippen LogP contribution is -2.19. The number of benzene rings is 5. The van der Waals surface area contributed by atoms with Crippen LogP contribution in [0.2, 0.25) is 0 Å². The first-order valence-electron chi connectivity index (χ1n) is 13.2. The van der Waals surface area contributed by atoms with Crippen molar-refractivity contribution < 1.29 is 0 Å². The minimum Gasteiger partial charge on any atom is -0.330 e. The molecule has 38 heavy (non-hydrogen) atoms. The highest BCUT2D eigenvalue weighted by Crippen LogP contribution is 2.56. The van der Waals surface area contributed by atoms with Crippen LogP contribution in [0.25, 0.3) is 61.2 Å². The molecular formula is C34H20N4. The van der Waals surface area contributed by atoms with Gasteiger partial charge in [0.15, 0.2) is 5.82 Å². The minimum absolute atomic E-state index is 0.181. The Kier molecular flexibility index (Phi) is 3.27. The Morgan fingerprint density at radius 2 is 1.66 bits per heavy atom. The van der Waals surface area contributed by atoms with Gasteiger partial charge in [0.1, 0.15) is 0 Å². The molecule has 3 aliphatic rings. The molecule has 3 heterocycles. The molecule has 4 nitrogen and oxygen atoms in total. The van der Waals surface area contributed by atoms with Crippen LogP contribution in [0.3, 0.4) is 0 Å². The third-order valence-corrected chi connectivity index (χ3v) is 8.87. The first-order valence-corrected chi connectivity index (χ1v) is 13.2. The zero-order valence-electron chi connectivity index (χ0n) is 20.4. The molecule has 5 aromatic carbocycles. The Morgan fingerprint density at radius 1 is 0.763 bits per heavy atom. The SMILES string of the molecule is C1=CC2c3c4c(ccc5c4c4c(n(-c6nncc7ccccc67)c6ccc1c3c46)=CC5)N2c1ccccc1. The van der Waals surface area contributed by atoms with Gasteiger partial charge in [-0.2, -0.15) is 5.10 Å². The number of hydrogen-bond donors (Lipinski definition) is 0. The molecule has 0 spiro atoms. The molecule has 0 radical (unpaired) electrons. The summed E-state index contributed by atoms with van der Waals surface area (Å²) in [5.74, 6) is 0.904. The molecule has 7 aromatic rings. The Labute approximate surface area is 217 Å². The van der Waals surface area contributed by atoms with E-state index in [1.807, 2.05) is 6.20 Å². The van der Waals surface area contributed by atoms with Crippen LogP contribution in [0.1, 0.15) is 22.7 Å². The second-order valence-corrected chi connectivity index (χ2v) is 10.6. The molecule has 0 fully saturated rings. The molecular weight excluding hydrogens is 464 g/mol. The Balaban J connectivity index is 1.44. The number of anilines is 2. The van der Waals surface area contributed by atoms with Gasteiger partial charge in [0.2, 0.25) is 0 Å². The van der Waals surface area contributed by atoms with Gasteiger partial charge in [0.25, 0.3) is 0 Å². The van der Waals surface area contributed by atoms with Gasteiger partial charge >= 0.3 is 0 Å². The maximum absolute atomic E-state index is 4.73. The summed E-state index contributed by atoms with van der Waals surface area (Å²) in [6.45, 7) is 0. The third-order valence-electron chi connectivity index (χ3n) is 8.87. The van der Waals surface area contributed by atoms with Gasteiger partial charge in [0, 0.05) is 32.6 Å². The lowest BCUT2D eigenvalue weighted by molar-refractivity contribution is 0.896. The van der Waals surface area contributed by atoms with Crippen molar-refractivity contribution in [1.29, 1.82) is 0 Å². The van der Waals surface area contributed by atoms with E-state index in [-0.39, 0.29) is 6.04 Å². The molecule has 10 rings (SSSR count). The number of aromatic nitrogens is 3. The van der Waals surface area contributed by atoms with Crippen LogP contribution in [-0.4, -0.2) is 14.8 Å². The van der Waals surface area contributed by atoms with Crippen molar-refractivity contribution in [1.82, 2.24) is 14.8 Å². The minimum atomic E-state index is 0.181. The summed E-state index contributed by atoms with van der Waals surface area (Å²) in [4.78, 5) is 2.53. The Hall–Kier alpha value is -4.96. The topological polar surface area (TPSA) is 34.0 Å². The number of nitrogens with zero attached hydrogens (tertiary/aromatic N) is 4. The van der Waals surface area contributed by atoms with Crippen molar-refractivity contribution in [2.75, 3.05) is 4.90 Å². The number of rotatable bonds is 2. The maximum Gasteiger partial charge on any atom is 0.168 e. The van der Waals surface area contributed by atoms with Gasteiger partial charge in [-0.1, -0.05) is 72.8 Å². The maximum atomic E-state index is 4.73. The van der Waals surface area contributed by atoms with Gasteiger partial charge in [-0.05, 0) is 58.1 Å². The Bertz CT molecular complexity index is 2270. The largest absolute Gasteiger partial charge is 0.330 e. The molecule has 0 saturated carbocycles. The van der Waals surface area contributed by atoms with E-state index < -0.39 is 0 Å². The molecule has 0 N–H and O–H groups in total. The molecule has 2 aliphatic carbocycles. The number of fused-ring (bicyclic) bond motifs is 1. The fourth-order valence-corrected chi connectivity index (χ4v) is 7.43. The fourth-order valence-electron chi connectivity index (χ4n) is 7.43. The van der Waals surface area contributed by atoms with Crippen molar-refractivity contribution in [3.8, 4) is 5.82 Å². The van der Waals surface area contributed by atoms with E-state index in [9.17, 15) is 0 Å². The second-order valence-electron chi connectivity index (χ2n) is 10.6. The molecule has 1 aliphatic heterocycles. The van der Waals surface area contributed by atoms with E-state index in [0.29, 0.717) is 0 Å². The predicted molar refractivity (Wildman–Crippen MR) is 155 cm³/mol. The first kappa shape index (κ1) is 19.2. The highest BCUT2D eigenvalue weighted by atomic mass is 15.2. The van der Waals surface area contributed by atoms with Crippen molar-refractivity contribution in [3.63, 3.8) is 0 Å². The van der Waals surface area contributed by atoms with Crippen LogP contribution in [0, 0.1) is 0 Å². The van der Waals surface area contributed by atoms with Crippen LogP contribution in [0.15, 0.2) is 91.1 Å². The van der Waals surface area contributed by atoms with E-state index >= 15 is 0 Å². The predicted octanol–water partition coefficient (Wildman–Crippen LogP) is 7.16. The number of hydrogen-bond acceptors (Lipinski definition) is 3. The van der Waals surface area contributed by atoms with Gasteiger partial charge in [-0.3, -0.25) is 4.57 Å². The van der Waals surface area contributed by atoms with E-state index in [1.54, 1.807) is 0 Å². The van der Waals surface area contributed by atoms with Gasteiger partial charge in [0.05, 0.1) is 28.8 Å². The monoisotopic (exact) mass is 484 g/mol. The van der Waals surface area contributed by atoms with Crippen molar-refractivity contribution >= 4 is 66.7 Å². The molecule has 176 valence electrons. The number of para-hydroxylation sites is 1. The summed E-state index contributed by atoms with van der Waals surface area (Å²) in [6.07, 6.45) is 9.87. The zero-order chi connectivity index (χ0) is 24.5. The average Bonchev–Trinajstić information content (AvgIpc) is 3.51. The standard InChI is InChI=1S/C34H20N4/c1-2-7-22(8-3-1)37-24-14-10-19-12-16-26-32-28(19)30(24)31-25(37)15-11-20-13-17-27(33(32)29(20)31)38(26)34-23-9-5-4-6-21(23)18-35-36-34/h1-12,14-18,24H,13H2. The first-order chi connectivity index (χ1) is 18.9. The normalized spacial score (nSPS) is 16.6. The van der Waals surface area contributed by atoms with Crippen LogP contribution >= 0.6 is 0 Å². The molecule has 0 amide bonds. The van der Waals surface area contributed by atoms with Crippen LogP contribution < -0.4 is 10.2 Å². The fraction of sp³-hybridized carbons (Fsp3) is 0.0588. The average molecular weight is 485 g/mol. The highest BCUT2D eigenvalue weighted by Gasteiger charge is 2.38. The van der Waals surface area contributed by atoms with Crippen molar-refractivity contribution in [2.45, 2.75) is 12.5 Å². The van der Waals surface area contributed by atoms with Crippen LogP contribution in [0.4, 0.5) is 11.4 Å².